The van der Waals surface area contributed by atoms with E-state index >= 15 is 0 Å². The van der Waals surface area contributed by atoms with Crippen LogP contribution in [0, 0.1) is 15.9 Å². The summed E-state index contributed by atoms with van der Waals surface area (Å²) < 4.78 is 39.5. The average Bonchev–Trinajstić information content (AvgIpc) is 2.37. The van der Waals surface area contributed by atoms with Crippen LogP contribution >= 0.6 is 0 Å². The molecule has 116 valence electrons. The Labute approximate surface area is 122 Å². The normalized spacial score (nSPS) is 24.0. The van der Waals surface area contributed by atoms with E-state index in [2.05, 4.69) is 5.32 Å². The van der Waals surface area contributed by atoms with Crippen LogP contribution in [0.15, 0.2) is 23.1 Å². The number of hydrogen-bond donors (Lipinski definition) is 1. The van der Waals surface area contributed by atoms with Gasteiger partial charge in [0.05, 0.1) is 11.0 Å². The van der Waals surface area contributed by atoms with Crippen molar-refractivity contribution < 1.29 is 17.7 Å². The van der Waals surface area contributed by atoms with Gasteiger partial charge >= 0.3 is 0 Å². The van der Waals surface area contributed by atoms with Crippen LogP contribution in [0.4, 0.5) is 10.1 Å². The van der Waals surface area contributed by atoms with Gasteiger partial charge in [-0.2, -0.15) is 4.31 Å². The third-order valence-electron chi connectivity index (χ3n) is 3.26. The van der Waals surface area contributed by atoms with Gasteiger partial charge < -0.3 is 5.32 Å². The average molecular weight is 317 g/mol. The van der Waals surface area contributed by atoms with E-state index in [1.54, 1.807) is 0 Å². The molecule has 1 saturated heterocycles. The molecule has 2 atom stereocenters. The third-order valence-corrected chi connectivity index (χ3v) is 5.14. The van der Waals surface area contributed by atoms with Crippen LogP contribution < -0.4 is 5.32 Å². The SMILES string of the molecule is CC1CN(S(=O)(=O)c2ccc(F)cc2[N+](=O)[O-])CC(C)N1. The fraction of sp³-hybridized carbons (Fsp3) is 0.500. The molecule has 1 heterocycles. The predicted octanol–water partition coefficient (Wildman–Crippen LogP) is 1.10. The molecule has 0 saturated carbocycles. The van der Waals surface area contributed by atoms with Gasteiger partial charge in [0.15, 0.2) is 4.90 Å². The summed E-state index contributed by atoms with van der Waals surface area (Å²) in [5, 5.41) is 14.2. The Morgan fingerprint density at radius 2 is 1.90 bits per heavy atom. The summed E-state index contributed by atoms with van der Waals surface area (Å²) >= 11 is 0. The molecule has 1 aromatic rings. The zero-order chi connectivity index (χ0) is 15.8. The summed E-state index contributed by atoms with van der Waals surface area (Å²) in [6, 6.07) is 2.35. The van der Waals surface area contributed by atoms with Crippen LogP contribution in [0.2, 0.25) is 0 Å². The number of rotatable bonds is 3. The van der Waals surface area contributed by atoms with Gasteiger partial charge in [-0.1, -0.05) is 0 Å². The first-order valence-electron chi connectivity index (χ1n) is 6.42. The van der Waals surface area contributed by atoms with E-state index in [0.29, 0.717) is 6.07 Å². The van der Waals surface area contributed by atoms with Gasteiger partial charge in [-0.25, -0.2) is 12.8 Å². The number of benzene rings is 1. The van der Waals surface area contributed by atoms with Gasteiger partial charge in [0.25, 0.3) is 5.69 Å². The second-order valence-electron chi connectivity index (χ2n) is 5.16. The van der Waals surface area contributed by atoms with Crippen molar-refractivity contribution in [2.75, 3.05) is 13.1 Å². The van der Waals surface area contributed by atoms with Gasteiger partial charge in [0.1, 0.15) is 5.82 Å². The van der Waals surface area contributed by atoms with Gasteiger partial charge in [0, 0.05) is 25.2 Å². The highest BCUT2D eigenvalue weighted by atomic mass is 32.2. The highest BCUT2D eigenvalue weighted by Crippen LogP contribution is 2.28. The summed E-state index contributed by atoms with van der Waals surface area (Å²) in [7, 11) is -4.04. The summed E-state index contributed by atoms with van der Waals surface area (Å²) in [6.07, 6.45) is 0. The smallest absolute Gasteiger partial charge is 0.292 e. The minimum atomic E-state index is -4.04. The molecule has 0 aliphatic carbocycles. The second kappa shape index (κ2) is 5.66. The Bertz CT molecular complexity index is 654. The Morgan fingerprint density at radius 1 is 1.33 bits per heavy atom. The van der Waals surface area contributed by atoms with Crippen LogP contribution in [0.25, 0.3) is 0 Å². The van der Waals surface area contributed by atoms with E-state index in [4.69, 9.17) is 0 Å². The minimum Gasteiger partial charge on any atom is -0.309 e. The molecule has 0 bridgehead atoms. The van der Waals surface area contributed by atoms with Crippen molar-refractivity contribution in [1.29, 1.82) is 0 Å². The first-order chi connectivity index (χ1) is 9.71. The van der Waals surface area contributed by atoms with Gasteiger partial charge in [-0.05, 0) is 26.0 Å². The lowest BCUT2D eigenvalue weighted by Gasteiger charge is -2.35. The molecule has 9 heteroatoms. The number of piperazine rings is 1. The fourth-order valence-corrected chi connectivity index (χ4v) is 4.22. The minimum absolute atomic E-state index is 0.0666. The first kappa shape index (κ1) is 15.8. The standard InChI is InChI=1S/C12H16FN3O4S/c1-8-6-15(7-9(2)14-8)21(19,20)12-4-3-10(13)5-11(12)16(17)18/h3-5,8-9,14H,6-7H2,1-2H3. The molecular weight excluding hydrogens is 301 g/mol. The van der Waals surface area contributed by atoms with Gasteiger partial charge in [-0.3, -0.25) is 10.1 Å². The molecular formula is C12H16FN3O4S. The molecule has 0 spiro atoms. The molecule has 1 aliphatic rings. The predicted molar refractivity (Wildman–Crippen MR) is 73.9 cm³/mol. The molecule has 0 amide bonds. The van der Waals surface area contributed by atoms with Crippen molar-refractivity contribution in [1.82, 2.24) is 9.62 Å². The van der Waals surface area contributed by atoms with Crippen LogP contribution in [-0.4, -0.2) is 42.8 Å². The number of sulfonamides is 1. The maximum absolute atomic E-state index is 13.1. The van der Waals surface area contributed by atoms with Crippen molar-refractivity contribution in [3.8, 4) is 0 Å². The Morgan fingerprint density at radius 3 is 2.43 bits per heavy atom. The van der Waals surface area contributed by atoms with Gasteiger partial charge in [0.2, 0.25) is 10.0 Å². The first-order valence-corrected chi connectivity index (χ1v) is 7.86. The lowest BCUT2D eigenvalue weighted by Crippen LogP contribution is -2.55. The van der Waals surface area contributed by atoms with E-state index in [9.17, 15) is 22.9 Å². The Kier molecular flexibility index (Phi) is 4.26. The Hall–Kier alpha value is -1.58. The highest BCUT2D eigenvalue weighted by Gasteiger charge is 2.35. The molecule has 0 aromatic heterocycles. The molecule has 1 N–H and O–H groups in total. The molecule has 1 aromatic carbocycles. The maximum atomic E-state index is 13.1. The zero-order valence-electron chi connectivity index (χ0n) is 11.6. The van der Waals surface area contributed by atoms with Crippen molar-refractivity contribution in [3.05, 3.63) is 34.1 Å². The number of nitro benzene ring substituents is 1. The molecule has 0 radical (unpaired) electrons. The lowest BCUT2D eigenvalue weighted by atomic mass is 10.2. The van der Waals surface area contributed by atoms with Crippen molar-refractivity contribution in [2.45, 2.75) is 30.8 Å². The van der Waals surface area contributed by atoms with Gasteiger partial charge in [-0.15, -0.1) is 0 Å². The molecule has 1 fully saturated rings. The monoisotopic (exact) mass is 317 g/mol. The molecule has 2 rings (SSSR count). The fourth-order valence-electron chi connectivity index (χ4n) is 2.46. The topological polar surface area (TPSA) is 92.5 Å². The second-order valence-corrected chi connectivity index (χ2v) is 7.07. The number of hydrogen-bond acceptors (Lipinski definition) is 5. The number of nitrogens with one attached hydrogen (secondary N) is 1. The van der Waals surface area contributed by atoms with E-state index < -0.39 is 31.3 Å². The van der Waals surface area contributed by atoms with Crippen LogP contribution in [0.3, 0.4) is 0 Å². The van der Waals surface area contributed by atoms with Crippen LogP contribution in [-0.2, 0) is 10.0 Å². The number of nitrogens with zero attached hydrogens (tertiary/aromatic N) is 2. The lowest BCUT2D eigenvalue weighted by molar-refractivity contribution is -0.388. The van der Waals surface area contributed by atoms with Crippen molar-refractivity contribution in [3.63, 3.8) is 0 Å². The Balaban J connectivity index is 2.47. The van der Waals surface area contributed by atoms with Crippen LogP contribution in [0.1, 0.15) is 13.8 Å². The summed E-state index contributed by atoms with van der Waals surface area (Å²) in [6.45, 7) is 4.08. The highest BCUT2D eigenvalue weighted by molar-refractivity contribution is 7.89. The quantitative estimate of drug-likeness (QED) is 0.666. The third kappa shape index (κ3) is 3.20. The summed E-state index contributed by atoms with van der Waals surface area (Å²) in [4.78, 5) is 9.62. The van der Waals surface area contributed by atoms with Crippen molar-refractivity contribution in [2.24, 2.45) is 0 Å². The molecule has 21 heavy (non-hydrogen) atoms. The molecule has 1 aliphatic heterocycles. The van der Waals surface area contributed by atoms with E-state index in [0.717, 1.165) is 12.1 Å². The van der Waals surface area contributed by atoms with E-state index in [-0.39, 0.29) is 25.2 Å². The van der Waals surface area contributed by atoms with E-state index in [1.165, 1.54) is 4.31 Å². The zero-order valence-corrected chi connectivity index (χ0v) is 12.4. The van der Waals surface area contributed by atoms with E-state index in [1.807, 2.05) is 13.8 Å². The molecule has 2 unspecified atom stereocenters. The summed E-state index contributed by atoms with van der Waals surface area (Å²) in [5.74, 6) is -0.845. The number of halogens is 1. The van der Waals surface area contributed by atoms with Crippen molar-refractivity contribution >= 4 is 15.7 Å². The number of nitro groups is 1. The summed E-state index contributed by atoms with van der Waals surface area (Å²) in [5.41, 5.74) is -0.742. The van der Waals surface area contributed by atoms with Crippen LogP contribution in [0.5, 0.6) is 0 Å². The molecule has 7 nitrogen and oxygen atoms in total. The maximum Gasteiger partial charge on any atom is 0.292 e. The largest absolute Gasteiger partial charge is 0.309 e.